The van der Waals surface area contributed by atoms with Gasteiger partial charge in [0.05, 0.1) is 12.6 Å². The molecule has 0 saturated carbocycles. The van der Waals surface area contributed by atoms with E-state index in [1.807, 2.05) is 0 Å². The molecule has 0 aliphatic heterocycles. The number of aromatic nitrogens is 1. The molecule has 2 rings (SSSR count). The molecule has 1 aromatic carbocycles. The van der Waals surface area contributed by atoms with Gasteiger partial charge in [-0.25, -0.2) is 4.79 Å². The zero-order chi connectivity index (χ0) is 11.9. The predicted molar refractivity (Wildman–Crippen MR) is 57.8 cm³/mol. The van der Waals surface area contributed by atoms with Gasteiger partial charge in [-0.1, -0.05) is 0 Å². The molecule has 1 aromatic heterocycles. The summed E-state index contributed by atoms with van der Waals surface area (Å²) in [5, 5.41) is 19.6. The molecule has 0 saturated heterocycles. The van der Waals surface area contributed by atoms with Crippen molar-refractivity contribution in [2.75, 3.05) is 7.11 Å². The Kier molecular flexibility index (Phi) is 2.23. The molecule has 0 fully saturated rings. The number of carbonyl (C=O) groups excluding carboxylic acids is 1. The summed E-state index contributed by atoms with van der Waals surface area (Å²) in [4.78, 5) is 11.4. The van der Waals surface area contributed by atoms with Crippen molar-refractivity contribution < 1.29 is 19.7 Å². The van der Waals surface area contributed by atoms with Gasteiger partial charge in [-0.2, -0.15) is 0 Å². The summed E-state index contributed by atoms with van der Waals surface area (Å²) < 4.78 is 5.84. The largest absolute Gasteiger partial charge is 0.508 e. The number of aromatic hydroxyl groups is 2. The molecule has 0 aliphatic carbocycles. The molecule has 0 bridgehead atoms. The summed E-state index contributed by atoms with van der Waals surface area (Å²) in [6, 6.07) is 2.63. The van der Waals surface area contributed by atoms with Crippen molar-refractivity contribution in [3.8, 4) is 11.5 Å². The van der Waals surface area contributed by atoms with E-state index in [0.717, 1.165) is 5.56 Å². The molecule has 84 valence electrons. The maximum atomic E-state index is 11.4. The van der Waals surface area contributed by atoms with E-state index >= 15 is 0 Å². The summed E-state index contributed by atoms with van der Waals surface area (Å²) in [6.07, 6.45) is 0.985. The molecule has 0 radical (unpaired) electrons. The lowest BCUT2D eigenvalue weighted by Gasteiger charge is -2.03. The van der Waals surface area contributed by atoms with Crippen molar-refractivity contribution in [3.63, 3.8) is 0 Å². The number of hydrogen-bond acceptors (Lipinski definition) is 4. The maximum Gasteiger partial charge on any atom is 0.418 e. The molecule has 0 atom stereocenters. The van der Waals surface area contributed by atoms with Gasteiger partial charge < -0.3 is 14.9 Å². The molecular weight excluding hydrogens is 210 g/mol. The van der Waals surface area contributed by atoms with Gasteiger partial charge in [0.2, 0.25) is 0 Å². The highest BCUT2D eigenvalue weighted by molar-refractivity contribution is 5.96. The van der Waals surface area contributed by atoms with Gasteiger partial charge in [0.25, 0.3) is 0 Å². The second-order valence-corrected chi connectivity index (χ2v) is 3.51. The second kappa shape index (κ2) is 3.44. The van der Waals surface area contributed by atoms with Crippen molar-refractivity contribution in [1.82, 2.24) is 4.57 Å². The highest BCUT2D eigenvalue weighted by Gasteiger charge is 2.15. The molecular formula is C11H11NO4. The summed E-state index contributed by atoms with van der Waals surface area (Å²) in [7, 11) is 1.27. The van der Waals surface area contributed by atoms with E-state index in [2.05, 4.69) is 4.74 Å². The monoisotopic (exact) mass is 221 g/mol. The van der Waals surface area contributed by atoms with E-state index in [9.17, 15) is 15.0 Å². The Labute approximate surface area is 91.5 Å². The second-order valence-electron chi connectivity index (χ2n) is 3.51. The number of benzene rings is 1. The third-order valence-corrected chi connectivity index (χ3v) is 2.43. The normalized spacial score (nSPS) is 10.6. The Hall–Kier alpha value is -2.17. The maximum absolute atomic E-state index is 11.4. The minimum Gasteiger partial charge on any atom is -0.508 e. The number of nitrogens with zero attached hydrogens (tertiary/aromatic N) is 1. The Bertz CT molecular complexity index is 571. The summed E-state index contributed by atoms with van der Waals surface area (Å²) >= 11 is 0. The zero-order valence-electron chi connectivity index (χ0n) is 8.89. The van der Waals surface area contributed by atoms with Crippen LogP contribution in [0.2, 0.25) is 0 Å². The predicted octanol–water partition coefficient (Wildman–Crippen LogP) is 1.98. The number of methoxy groups -OCH3 is 1. The first-order valence-corrected chi connectivity index (χ1v) is 4.66. The fourth-order valence-electron chi connectivity index (χ4n) is 1.77. The molecule has 5 heteroatoms. The van der Waals surface area contributed by atoms with Crippen LogP contribution < -0.4 is 0 Å². The first kappa shape index (κ1) is 10.4. The standard InChI is InChI=1S/C11H11NO4/c1-6-5-12(11(15)16-2)8-3-7(13)4-9(14)10(6)8/h3-5,13-14H,1-2H3. The van der Waals surface area contributed by atoms with Gasteiger partial charge >= 0.3 is 6.09 Å². The average Bonchev–Trinajstić information content (AvgIpc) is 2.54. The topological polar surface area (TPSA) is 71.7 Å². The molecule has 0 unspecified atom stereocenters. The van der Waals surface area contributed by atoms with Crippen molar-refractivity contribution in [3.05, 3.63) is 23.9 Å². The van der Waals surface area contributed by atoms with Gasteiger partial charge in [0.1, 0.15) is 11.5 Å². The van der Waals surface area contributed by atoms with Crippen LogP contribution in [0, 0.1) is 6.92 Å². The van der Waals surface area contributed by atoms with Gasteiger partial charge in [-0.05, 0) is 12.5 Å². The third kappa shape index (κ3) is 1.37. The summed E-state index contributed by atoms with van der Waals surface area (Å²) in [5.74, 6) is -0.164. The SMILES string of the molecule is COC(=O)n1cc(C)c2c(O)cc(O)cc21. The average molecular weight is 221 g/mol. The van der Waals surface area contributed by atoms with E-state index in [4.69, 9.17) is 0 Å². The Morgan fingerprint density at radius 3 is 2.69 bits per heavy atom. The molecule has 0 spiro atoms. The Morgan fingerprint density at radius 1 is 1.38 bits per heavy atom. The summed E-state index contributed by atoms with van der Waals surface area (Å²) in [5.41, 5.74) is 1.15. The molecule has 2 aromatic rings. The van der Waals surface area contributed by atoms with Crippen LogP contribution in [-0.2, 0) is 4.74 Å². The number of aryl methyl sites for hydroxylation is 1. The van der Waals surface area contributed by atoms with Gasteiger partial charge in [0.15, 0.2) is 0 Å². The number of fused-ring (bicyclic) bond motifs is 1. The van der Waals surface area contributed by atoms with Gasteiger partial charge in [0, 0.05) is 23.7 Å². The zero-order valence-corrected chi connectivity index (χ0v) is 8.89. The van der Waals surface area contributed by atoms with Gasteiger partial charge in [-0.3, -0.25) is 4.57 Å². The van der Waals surface area contributed by atoms with Crippen molar-refractivity contribution in [2.45, 2.75) is 6.92 Å². The minimum atomic E-state index is -0.567. The fraction of sp³-hybridized carbons (Fsp3) is 0.182. The van der Waals surface area contributed by atoms with Gasteiger partial charge in [-0.15, -0.1) is 0 Å². The third-order valence-electron chi connectivity index (χ3n) is 2.43. The van der Waals surface area contributed by atoms with Crippen molar-refractivity contribution >= 4 is 17.0 Å². The number of hydrogen-bond donors (Lipinski definition) is 2. The minimum absolute atomic E-state index is 0.0600. The molecule has 5 nitrogen and oxygen atoms in total. The lowest BCUT2D eigenvalue weighted by Crippen LogP contribution is -2.09. The van der Waals surface area contributed by atoms with Crippen LogP contribution >= 0.6 is 0 Å². The van der Waals surface area contributed by atoms with E-state index in [0.29, 0.717) is 10.9 Å². The molecule has 0 amide bonds. The molecule has 16 heavy (non-hydrogen) atoms. The highest BCUT2D eigenvalue weighted by atomic mass is 16.5. The van der Waals surface area contributed by atoms with Crippen LogP contribution in [0.15, 0.2) is 18.3 Å². The number of rotatable bonds is 0. The van der Waals surface area contributed by atoms with Crippen molar-refractivity contribution in [2.24, 2.45) is 0 Å². The number of ether oxygens (including phenoxy) is 1. The molecule has 2 N–H and O–H groups in total. The first-order valence-electron chi connectivity index (χ1n) is 4.66. The van der Waals surface area contributed by atoms with E-state index in [1.165, 1.54) is 23.8 Å². The first-order chi connectivity index (χ1) is 7.54. The van der Waals surface area contributed by atoms with E-state index in [1.54, 1.807) is 13.1 Å². The van der Waals surface area contributed by atoms with Crippen LogP contribution in [0.3, 0.4) is 0 Å². The van der Waals surface area contributed by atoms with E-state index in [-0.39, 0.29) is 11.5 Å². The number of phenols is 2. The Balaban J connectivity index is 2.83. The highest BCUT2D eigenvalue weighted by Crippen LogP contribution is 2.33. The lowest BCUT2D eigenvalue weighted by molar-refractivity contribution is 0.174. The number of phenolic OH excluding ortho intramolecular Hbond substituents is 2. The smallest absolute Gasteiger partial charge is 0.418 e. The van der Waals surface area contributed by atoms with Crippen LogP contribution in [0.1, 0.15) is 5.56 Å². The molecule has 0 aliphatic rings. The number of carbonyl (C=O) groups is 1. The van der Waals surface area contributed by atoms with Crippen LogP contribution in [0.5, 0.6) is 11.5 Å². The van der Waals surface area contributed by atoms with Crippen LogP contribution in [0.4, 0.5) is 4.79 Å². The quantitative estimate of drug-likeness (QED) is 0.713. The van der Waals surface area contributed by atoms with Crippen LogP contribution in [0.25, 0.3) is 10.9 Å². The summed E-state index contributed by atoms with van der Waals surface area (Å²) in [6.45, 7) is 1.76. The Morgan fingerprint density at radius 2 is 2.06 bits per heavy atom. The van der Waals surface area contributed by atoms with E-state index < -0.39 is 6.09 Å². The fourth-order valence-corrected chi connectivity index (χ4v) is 1.77. The molecule has 1 heterocycles. The van der Waals surface area contributed by atoms with Crippen LogP contribution in [-0.4, -0.2) is 28.0 Å². The van der Waals surface area contributed by atoms with Crippen molar-refractivity contribution in [1.29, 1.82) is 0 Å². The lowest BCUT2D eigenvalue weighted by atomic mass is 10.1.